The number of fused-ring (bicyclic) bond motifs is 5. The van der Waals surface area contributed by atoms with Crippen LogP contribution in [0.2, 0.25) is 0 Å². The van der Waals surface area contributed by atoms with Gasteiger partial charge in [-0.25, -0.2) is 4.67 Å². The van der Waals surface area contributed by atoms with E-state index in [2.05, 4.69) is 80.2 Å². The second-order valence-electron chi connectivity index (χ2n) is 19.6. The maximum absolute atomic E-state index is 13.5. The molecule has 20 heteroatoms. The van der Waals surface area contributed by atoms with Gasteiger partial charge in [0, 0.05) is 44.3 Å². The Morgan fingerprint density at radius 3 is 2.17 bits per heavy atom. The van der Waals surface area contributed by atoms with Gasteiger partial charge >= 0.3 is 24.1 Å². The van der Waals surface area contributed by atoms with Gasteiger partial charge in [0.15, 0.2) is 0 Å². The molecule has 0 bridgehead atoms. The first-order chi connectivity index (χ1) is 30.8. The van der Waals surface area contributed by atoms with Crippen LogP contribution in [-0.2, 0) is 25.0 Å². The van der Waals surface area contributed by atoms with Crippen molar-refractivity contribution in [3.63, 3.8) is 0 Å². The summed E-state index contributed by atoms with van der Waals surface area (Å²) in [5.74, 6) is 1.50. The van der Waals surface area contributed by atoms with Gasteiger partial charge in [0.05, 0.1) is 45.0 Å². The van der Waals surface area contributed by atoms with Crippen LogP contribution >= 0.6 is 8.53 Å². The Morgan fingerprint density at radius 2 is 1.55 bits per heavy atom. The number of alkyl halides is 9. The number of hydrogen-bond acceptors (Lipinski definition) is 9. The summed E-state index contributed by atoms with van der Waals surface area (Å²) < 4.78 is 145. The van der Waals surface area contributed by atoms with E-state index in [1.807, 2.05) is 0 Å². The van der Waals surface area contributed by atoms with Crippen LogP contribution in [0.3, 0.4) is 0 Å². The average Bonchev–Trinajstić information content (AvgIpc) is 3.83. The zero-order chi connectivity index (χ0) is 49.0. The lowest BCUT2D eigenvalue weighted by Gasteiger charge is -2.52. The minimum atomic E-state index is -6.81. The molecule has 8 atom stereocenters. The second-order valence-corrected chi connectivity index (χ2v) is 21.0. The van der Waals surface area contributed by atoms with Gasteiger partial charge < -0.3 is 28.3 Å². The normalized spacial score (nSPS) is 26.5. The van der Waals surface area contributed by atoms with Crippen molar-refractivity contribution in [2.45, 2.75) is 166 Å². The highest BCUT2D eigenvalue weighted by Crippen LogP contribution is 2.62. The first-order valence-electron chi connectivity index (χ1n) is 23.3. The summed E-state index contributed by atoms with van der Waals surface area (Å²) in [7, 11) is 3.75. The van der Waals surface area contributed by atoms with Gasteiger partial charge in [-0.1, -0.05) is 13.0 Å². The lowest BCUT2D eigenvalue weighted by molar-refractivity contribution is -0.457. The highest BCUT2D eigenvalue weighted by molar-refractivity contribution is 7.44. The molecule has 1 aromatic rings. The van der Waals surface area contributed by atoms with Gasteiger partial charge in [-0.2, -0.15) is 44.8 Å². The van der Waals surface area contributed by atoms with Gasteiger partial charge in [0.2, 0.25) is 5.91 Å². The Bertz CT molecular complexity index is 1750. The van der Waals surface area contributed by atoms with E-state index in [1.54, 1.807) is 11.9 Å². The number of hydrogen-bond donors (Lipinski definition) is 0. The number of carbonyl (C=O) groups excluding carboxylic acids is 1. The number of likely N-dealkylation sites (N-methyl/N-ethyl adjacent to an activating group) is 2. The van der Waals surface area contributed by atoms with Crippen molar-refractivity contribution >= 4 is 14.4 Å². The first kappa shape index (κ1) is 54.5. The zero-order valence-corrected chi connectivity index (χ0v) is 40.4. The summed E-state index contributed by atoms with van der Waals surface area (Å²) >= 11 is 0. The lowest BCUT2D eigenvalue weighted by atomic mass is 9.55. The lowest BCUT2D eigenvalue weighted by Crippen LogP contribution is -2.68. The van der Waals surface area contributed by atoms with E-state index >= 15 is 0 Å². The van der Waals surface area contributed by atoms with Crippen LogP contribution < -0.4 is 4.74 Å². The Hall–Kier alpha value is -2.46. The van der Waals surface area contributed by atoms with Gasteiger partial charge in [-0.15, -0.1) is 0 Å². The highest BCUT2D eigenvalue weighted by atomic mass is 31.2. The van der Waals surface area contributed by atoms with E-state index in [0.29, 0.717) is 43.4 Å². The Morgan fingerprint density at radius 1 is 0.879 bits per heavy atom. The summed E-state index contributed by atoms with van der Waals surface area (Å²) in [6.07, 6.45) is -10.9. The number of halogens is 9. The number of rotatable bonds is 21. The fourth-order valence-corrected chi connectivity index (χ4v) is 13.2. The van der Waals surface area contributed by atoms with Crippen LogP contribution in [0.4, 0.5) is 39.5 Å². The molecule has 0 N–H and O–H groups in total. The van der Waals surface area contributed by atoms with E-state index in [-0.39, 0.29) is 29.6 Å². The summed E-state index contributed by atoms with van der Waals surface area (Å²) in [6.45, 7) is 9.81. The van der Waals surface area contributed by atoms with Crippen molar-refractivity contribution in [1.82, 2.24) is 19.4 Å². The third kappa shape index (κ3) is 11.9. The molecule has 3 saturated carbocycles. The molecule has 4 aliphatic carbocycles. The van der Waals surface area contributed by atoms with E-state index in [0.717, 1.165) is 81.4 Å². The third-order valence-corrected chi connectivity index (χ3v) is 16.9. The quantitative estimate of drug-likeness (QED) is 0.0679. The van der Waals surface area contributed by atoms with E-state index in [4.69, 9.17) is 19.0 Å². The summed E-state index contributed by atoms with van der Waals surface area (Å²) in [4.78, 5) is 18.5. The molecule has 0 heterocycles. The monoisotopic (exact) mass is 973 g/mol. The number of benzene rings is 1. The van der Waals surface area contributed by atoms with Crippen molar-refractivity contribution in [3.8, 4) is 11.8 Å². The molecule has 7 unspecified atom stereocenters. The Labute approximate surface area is 385 Å². The molecule has 376 valence electrons. The van der Waals surface area contributed by atoms with Gasteiger partial charge in [0.25, 0.3) is 8.53 Å². The number of ether oxygens (including phenoxy) is 2. The summed E-state index contributed by atoms with van der Waals surface area (Å²) in [6, 6.07) is 9.34. The second kappa shape index (κ2) is 22.1. The van der Waals surface area contributed by atoms with Crippen molar-refractivity contribution in [2.24, 2.45) is 17.3 Å². The molecule has 66 heavy (non-hydrogen) atoms. The van der Waals surface area contributed by atoms with Crippen LogP contribution in [0.25, 0.3) is 0 Å². The number of nitrogens with zero attached hydrogens (tertiary/aromatic N) is 5. The third-order valence-electron chi connectivity index (χ3n) is 14.7. The Kier molecular flexibility index (Phi) is 18.2. The predicted molar refractivity (Wildman–Crippen MR) is 232 cm³/mol. The van der Waals surface area contributed by atoms with Crippen LogP contribution in [-0.4, -0.2) is 140 Å². The number of carbonyl (C=O) groups is 1. The smallest absolute Gasteiger partial charge is 0.435 e. The largest absolute Gasteiger partial charge is 0.494 e. The zero-order valence-electron chi connectivity index (χ0n) is 39.5. The van der Waals surface area contributed by atoms with Gasteiger partial charge in [-0.05, 0) is 152 Å². The van der Waals surface area contributed by atoms with Crippen molar-refractivity contribution in [3.05, 3.63) is 29.3 Å². The maximum atomic E-state index is 13.5. The van der Waals surface area contributed by atoms with Gasteiger partial charge in [-0.3, -0.25) is 9.69 Å². The molecule has 0 aromatic heterocycles. The average molecular weight is 974 g/mol. The number of nitriles is 1. The standard InChI is InChI=1S/C46H69F9N5O5P/c1-30(2)60(31(3)4)66(64-25-9-21-56)65-35-13-12-33(28-35)58(7)22-10-24-62-34-14-16-36-32(27-34)11-15-38-37(36)19-20-42(5)39(38)17-18-40(42)59(8)41(61)29-57(6)23-26-63-43(44(47,48)49,45(50,51)52)46(53,54)55/h14,16,27,30-31,33,35,37-40H,9-13,15,17-20,22-26,28-29H2,1-8H3/t33?,35-,37?,38?,39?,40?,42?,66?/m1/s1. The van der Waals surface area contributed by atoms with Crippen LogP contribution in [0.15, 0.2) is 18.2 Å². The predicted octanol–water partition coefficient (Wildman–Crippen LogP) is 10.7. The van der Waals surface area contributed by atoms with E-state index < -0.39 is 58.3 Å². The minimum absolute atomic E-state index is 0.0991. The minimum Gasteiger partial charge on any atom is -0.494 e. The molecule has 1 aromatic carbocycles. The number of amides is 1. The van der Waals surface area contributed by atoms with Crippen molar-refractivity contribution in [1.29, 1.82) is 5.26 Å². The molecule has 10 nitrogen and oxygen atoms in total. The first-order valence-corrected chi connectivity index (χ1v) is 24.4. The molecule has 0 radical (unpaired) electrons. The summed E-state index contributed by atoms with van der Waals surface area (Å²) in [5, 5.41) is 9.04. The fraction of sp³-hybridized carbons (Fsp3) is 0.826. The maximum Gasteiger partial charge on any atom is 0.435 e. The topological polar surface area (TPSA) is 90.7 Å². The van der Waals surface area contributed by atoms with Gasteiger partial charge in [0.1, 0.15) is 5.75 Å². The van der Waals surface area contributed by atoms with Crippen molar-refractivity contribution < 1.29 is 62.8 Å². The molecular formula is C46H69F9N5O5P. The highest BCUT2D eigenvalue weighted by Gasteiger charge is 2.85. The molecule has 1 amide bonds. The molecule has 3 fully saturated rings. The van der Waals surface area contributed by atoms with E-state index in [9.17, 15) is 44.3 Å². The Balaban J connectivity index is 1.08. The van der Waals surface area contributed by atoms with Crippen LogP contribution in [0, 0.1) is 28.6 Å². The van der Waals surface area contributed by atoms with E-state index in [1.165, 1.54) is 18.2 Å². The molecule has 0 spiro atoms. The SMILES string of the molecule is CC(C)N(C(C)C)P(OCCC#N)O[C@@H]1CCC(N(C)CCCOc2ccc3c(c2)CCC2C3CCC3(C)C2CCC3N(C)C(=O)CN(C)CCOC(C(F)(F)F)(C(F)(F)F)C(F)(F)F)C1. The summed E-state index contributed by atoms with van der Waals surface area (Å²) in [5.41, 5.74) is -3.94. The van der Waals surface area contributed by atoms with Crippen LogP contribution in [0.1, 0.15) is 116 Å². The molecule has 5 rings (SSSR count). The van der Waals surface area contributed by atoms with Crippen molar-refractivity contribution in [2.75, 3.05) is 60.6 Å². The molecule has 0 aliphatic heterocycles. The number of aryl methyl sites for hydroxylation is 1. The molecular weight excluding hydrogens is 904 g/mol. The molecule has 4 aliphatic rings. The fourth-order valence-electron chi connectivity index (χ4n) is 11.5. The van der Waals surface area contributed by atoms with Crippen LogP contribution in [0.5, 0.6) is 5.75 Å². The molecule has 0 saturated heterocycles.